The fourth-order valence-corrected chi connectivity index (χ4v) is 6.84. The number of allylic oxidation sites excluding steroid dienone is 4. The van der Waals surface area contributed by atoms with Crippen molar-refractivity contribution in [1.82, 2.24) is 24.6 Å². The fraction of sp³-hybridized carbons (Fsp3) is 0.261. The molecule has 7 heteroatoms. The molecule has 0 saturated carbocycles. The number of unbranched alkanes of at least 4 members (excludes halogenated alkanes) is 5. The van der Waals surface area contributed by atoms with Crippen molar-refractivity contribution in [1.29, 1.82) is 0 Å². The molecule has 2 aromatic carbocycles. The Balaban J connectivity index is 1.40. The van der Waals surface area contributed by atoms with Gasteiger partial charge in [0, 0.05) is 59.1 Å². The Morgan fingerprint density at radius 1 is 0.868 bits per heavy atom. The summed E-state index contributed by atoms with van der Waals surface area (Å²) in [6.45, 7) is 9.85. The van der Waals surface area contributed by atoms with E-state index in [1.807, 2.05) is 41.8 Å². The highest BCUT2D eigenvalue weighted by molar-refractivity contribution is 5.81. The van der Waals surface area contributed by atoms with Gasteiger partial charge < -0.3 is 9.64 Å². The van der Waals surface area contributed by atoms with Crippen LogP contribution in [0.4, 0.5) is 5.69 Å². The predicted octanol–water partition coefficient (Wildman–Crippen LogP) is 8.24. The third-order valence-electron chi connectivity index (χ3n) is 9.37. The normalized spacial score (nSPS) is 13.9. The van der Waals surface area contributed by atoms with Crippen LogP contribution in [-0.2, 0) is 5.41 Å². The van der Waals surface area contributed by atoms with E-state index in [0.29, 0.717) is 22.8 Å². The van der Waals surface area contributed by atoms with Gasteiger partial charge in [0.15, 0.2) is 5.65 Å². The first-order valence-corrected chi connectivity index (χ1v) is 18.1. The molecule has 7 nitrogen and oxygen atoms in total. The summed E-state index contributed by atoms with van der Waals surface area (Å²) in [7, 11) is 0. The molecular weight excluding hydrogens is 653 g/mol. The minimum atomic E-state index is -0.135. The third-order valence-corrected chi connectivity index (χ3v) is 9.37. The van der Waals surface area contributed by atoms with E-state index in [9.17, 15) is 0 Å². The van der Waals surface area contributed by atoms with E-state index in [0.717, 1.165) is 35.1 Å². The minimum absolute atomic E-state index is 0.135. The van der Waals surface area contributed by atoms with Gasteiger partial charge in [0.1, 0.15) is 17.5 Å². The summed E-state index contributed by atoms with van der Waals surface area (Å²) in [6.07, 6.45) is 28.9. The Hall–Kier alpha value is -6.54. The van der Waals surface area contributed by atoms with Gasteiger partial charge in [-0.2, -0.15) is 5.10 Å². The first kappa shape index (κ1) is 36.3. The number of anilines is 1. The second kappa shape index (κ2) is 17.1. The SMILES string of the molecule is C#CC#CC#CC#COc1ccccc1-c1nc2c(-c3cnccn3)c(C)nn2\c1=C/C=C/C=C1/N(CCCCCCCC)c2ccccc2C1(C)C. The molecule has 0 saturated heterocycles. The van der Waals surface area contributed by atoms with E-state index in [1.54, 1.807) is 18.6 Å². The van der Waals surface area contributed by atoms with E-state index in [-0.39, 0.29) is 5.41 Å². The molecule has 0 aliphatic carbocycles. The van der Waals surface area contributed by atoms with Gasteiger partial charge in [-0.15, -0.1) is 6.42 Å². The number of benzene rings is 2. The average Bonchev–Trinajstić information content (AvgIpc) is 3.75. The molecule has 0 bridgehead atoms. The summed E-state index contributed by atoms with van der Waals surface area (Å²) >= 11 is 0. The highest BCUT2D eigenvalue weighted by Crippen LogP contribution is 2.47. The molecule has 0 radical (unpaired) electrons. The van der Waals surface area contributed by atoms with Gasteiger partial charge in [0.25, 0.3) is 0 Å². The Kier molecular flexibility index (Phi) is 11.7. The lowest BCUT2D eigenvalue weighted by Crippen LogP contribution is -2.27. The van der Waals surface area contributed by atoms with Crippen molar-refractivity contribution in [2.24, 2.45) is 0 Å². The number of nitrogens with zero attached hydrogens (tertiary/aromatic N) is 6. The van der Waals surface area contributed by atoms with E-state index in [1.165, 1.54) is 49.1 Å². The fourth-order valence-electron chi connectivity index (χ4n) is 6.84. The van der Waals surface area contributed by atoms with Crippen LogP contribution < -0.4 is 15.0 Å². The summed E-state index contributed by atoms with van der Waals surface area (Å²) in [4.78, 5) is 16.5. The van der Waals surface area contributed by atoms with E-state index in [2.05, 4.69) is 120 Å². The van der Waals surface area contributed by atoms with Crippen molar-refractivity contribution in [2.75, 3.05) is 11.4 Å². The number of fused-ring (bicyclic) bond motifs is 2. The lowest BCUT2D eigenvalue weighted by Gasteiger charge is -2.27. The van der Waals surface area contributed by atoms with Gasteiger partial charge in [-0.1, -0.05) is 95.4 Å². The van der Waals surface area contributed by atoms with E-state index >= 15 is 0 Å². The average molecular weight is 695 g/mol. The van der Waals surface area contributed by atoms with Crippen LogP contribution in [0.25, 0.3) is 34.2 Å². The van der Waals surface area contributed by atoms with Crippen LogP contribution in [0.2, 0.25) is 0 Å². The number of rotatable bonds is 12. The van der Waals surface area contributed by atoms with Crippen LogP contribution in [0.15, 0.2) is 91.0 Å². The van der Waals surface area contributed by atoms with Crippen LogP contribution >= 0.6 is 0 Å². The molecule has 0 amide bonds. The summed E-state index contributed by atoms with van der Waals surface area (Å²) in [5, 5.41) is 5.73. The summed E-state index contributed by atoms with van der Waals surface area (Å²) in [5.74, 6) is 15.6. The van der Waals surface area contributed by atoms with E-state index < -0.39 is 0 Å². The largest absolute Gasteiger partial charge is 0.406 e. The highest BCUT2D eigenvalue weighted by atomic mass is 16.5. The van der Waals surface area contributed by atoms with Crippen LogP contribution in [0.1, 0.15) is 70.6 Å². The monoisotopic (exact) mass is 694 g/mol. The van der Waals surface area contributed by atoms with Crippen molar-refractivity contribution >= 4 is 17.4 Å². The molecule has 6 rings (SSSR count). The molecule has 53 heavy (non-hydrogen) atoms. The van der Waals surface area contributed by atoms with Crippen LogP contribution in [0, 0.1) is 55.0 Å². The van der Waals surface area contributed by atoms with Gasteiger partial charge in [0.2, 0.25) is 0 Å². The molecule has 0 spiro atoms. The van der Waals surface area contributed by atoms with Gasteiger partial charge in [-0.3, -0.25) is 9.97 Å². The smallest absolute Gasteiger partial charge is 0.166 e. The van der Waals surface area contributed by atoms with Gasteiger partial charge in [0.05, 0.1) is 28.5 Å². The second-order valence-electron chi connectivity index (χ2n) is 13.3. The summed E-state index contributed by atoms with van der Waals surface area (Å²) in [5.41, 5.74) is 8.25. The summed E-state index contributed by atoms with van der Waals surface area (Å²) in [6, 6.07) is 16.4. The molecule has 0 atom stereocenters. The van der Waals surface area contributed by atoms with Crippen LogP contribution in [0.5, 0.6) is 5.75 Å². The zero-order valence-electron chi connectivity index (χ0n) is 30.8. The number of aryl methyl sites for hydroxylation is 1. The van der Waals surface area contributed by atoms with Gasteiger partial charge in [-0.05, 0) is 67.0 Å². The molecule has 1 aliphatic rings. The molecule has 1 aliphatic heterocycles. The predicted molar refractivity (Wildman–Crippen MR) is 214 cm³/mol. The van der Waals surface area contributed by atoms with Crippen molar-refractivity contribution in [3.63, 3.8) is 0 Å². The Labute approximate surface area is 312 Å². The Bertz CT molecular complexity index is 2450. The van der Waals surface area contributed by atoms with Gasteiger partial charge in [-0.25, -0.2) is 9.50 Å². The number of para-hydroxylation sites is 2. The third kappa shape index (κ3) is 8.02. The quantitative estimate of drug-likeness (QED) is 0.0969. The molecule has 0 unspecified atom stereocenters. The van der Waals surface area contributed by atoms with Crippen molar-refractivity contribution in [3.05, 3.63) is 108 Å². The zero-order valence-corrected chi connectivity index (χ0v) is 30.8. The highest BCUT2D eigenvalue weighted by Gasteiger charge is 2.39. The molecule has 3 aromatic heterocycles. The standard InChI is InChI=1S/C46H42N6O/c1-6-8-10-12-14-22-32-51-39-26-18-17-25-37(39)46(4,5)42(51)29-21-19-27-40-44(36-24-16-20-28-41(36)53-33-23-15-13-11-9-7-2)49-45-43(35(3)50-52(40)45)38-34-47-30-31-48-38/h2,16-21,24-31,34H,6,8,10,12,14,22,32H2,1,3-5H3/b21-19+,40-27-,42-29+. The first-order valence-electron chi connectivity index (χ1n) is 18.1. The lowest BCUT2D eigenvalue weighted by atomic mass is 9.84. The maximum atomic E-state index is 5.89. The minimum Gasteiger partial charge on any atom is -0.406 e. The molecule has 0 fully saturated rings. The number of imidazole rings is 1. The van der Waals surface area contributed by atoms with Crippen molar-refractivity contribution in [3.8, 4) is 76.3 Å². The van der Waals surface area contributed by atoms with Crippen molar-refractivity contribution in [2.45, 2.75) is 71.6 Å². The topological polar surface area (TPSA) is 68.4 Å². The number of terminal acetylenes is 1. The Morgan fingerprint density at radius 2 is 1.62 bits per heavy atom. The Morgan fingerprint density at radius 3 is 2.45 bits per heavy atom. The number of aromatic nitrogens is 5. The number of ether oxygens (including phenoxy) is 1. The molecule has 262 valence electrons. The lowest BCUT2D eigenvalue weighted by molar-refractivity contribution is 0.522. The molecule has 0 N–H and O–H groups in total. The maximum absolute atomic E-state index is 5.89. The van der Waals surface area contributed by atoms with Crippen LogP contribution in [0.3, 0.4) is 0 Å². The molecule has 4 heterocycles. The molecule has 5 aromatic rings. The first-order chi connectivity index (χ1) is 26.0. The summed E-state index contributed by atoms with van der Waals surface area (Å²) < 4.78 is 7.76. The van der Waals surface area contributed by atoms with Crippen molar-refractivity contribution < 1.29 is 4.74 Å². The number of hydrogen-bond acceptors (Lipinski definition) is 6. The van der Waals surface area contributed by atoms with Gasteiger partial charge >= 0.3 is 0 Å². The van der Waals surface area contributed by atoms with E-state index in [4.69, 9.17) is 21.2 Å². The number of hydrogen-bond donors (Lipinski definition) is 0. The second-order valence-corrected chi connectivity index (χ2v) is 13.3. The zero-order chi connectivity index (χ0) is 37.0. The molecular formula is C46H42N6O. The van der Waals surface area contributed by atoms with Crippen LogP contribution in [-0.4, -0.2) is 31.1 Å². The maximum Gasteiger partial charge on any atom is 0.166 e.